The monoisotopic (exact) mass is 174 g/mol. The predicted molar refractivity (Wildman–Crippen MR) is 43.5 cm³/mol. The first kappa shape index (κ1) is 9.49. The van der Waals surface area contributed by atoms with Gasteiger partial charge in [-0.05, 0) is 19.3 Å². The van der Waals surface area contributed by atoms with Crippen LogP contribution in [0.5, 0.6) is 0 Å². The third-order valence-corrected chi connectivity index (χ3v) is 2.15. The van der Waals surface area contributed by atoms with Gasteiger partial charge in [-0.25, -0.2) is 4.39 Å². The first-order valence-electron chi connectivity index (χ1n) is 4.56. The van der Waals surface area contributed by atoms with Crippen LogP contribution in [-0.4, -0.2) is 18.2 Å². The lowest BCUT2D eigenvalue weighted by atomic mass is 9.96. The van der Waals surface area contributed by atoms with Crippen LogP contribution >= 0.6 is 0 Å². The molecule has 1 fully saturated rings. The summed E-state index contributed by atoms with van der Waals surface area (Å²) in [6.07, 6.45) is 2.13. The fourth-order valence-corrected chi connectivity index (χ4v) is 1.46. The molecule has 0 radical (unpaired) electrons. The van der Waals surface area contributed by atoms with Gasteiger partial charge < -0.3 is 4.74 Å². The fraction of sp³-hybridized carbons (Fsp3) is 0.889. The van der Waals surface area contributed by atoms with Gasteiger partial charge in [-0.3, -0.25) is 4.79 Å². The summed E-state index contributed by atoms with van der Waals surface area (Å²) in [6, 6.07) is 0. The second-order valence-electron chi connectivity index (χ2n) is 3.23. The van der Waals surface area contributed by atoms with Gasteiger partial charge in [-0.15, -0.1) is 0 Å². The van der Waals surface area contributed by atoms with Crippen molar-refractivity contribution < 1.29 is 13.9 Å². The summed E-state index contributed by atoms with van der Waals surface area (Å²) < 4.78 is 17.8. The third kappa shape index (κ3) is 2.80. The molecule has 1 aliphatic carbocycles. The highest BCUT2D eigenvalue weighted by atomic mass is 19.1. The summed E-state index contributed by atoms with van der Waals surface area (Å²) in [7, 11) is 0. The number of carbonyl (C=O) groups is 1. The first-order chi connectivity index (χ1) is 5.72. The molecule has 0 amide bonds. The van der Waals surface area contributed by atoms with Crippen LogP contribution < -0.4 is 0 Å². The Morgan fingerprint density at radius 1 is 1.58 bits per heavy atom. The predicted octanol–water partition coefficient (Wildman–Crippen LogP) is 2.22. The highest BCUT2D eigenvalue weighted by Gasteiger charge is 2.23. The van der Waals surface area contributed by atoms with Gasteiger partial charge in [0.1, 0.15) is 12.3 Å². The number of hydrogen-bond donors (Lipinski definition) is 0. The van der Waals surface area contributed by atoms with Gasteiger partial charge in [-0.2, -0.15) is 0 Å². The lowest BCUT2D eigenvalue weighted by Crippen LogP contribution is -2.25. The van der Waals surface area contributed by atoms with Crippen molar-refractivity contribution in [3.05, 3.63) is 0 Å². The number of carbonyl (C=O) groups excluding carboxylic acids is 1. The van der Waals surface area contributed by atoms with E-state index in [0.717, 1.165) is 12.8 Å². The zero-order chi connectivity index (χ0) is 8.97. The van der Waals surface area contributed by atoms with Crippen LogP contribution in [0.4, 0.5) is 4.39 Å². The van der Waals surface area contributed by atoms with Crippen LogP contribution in [0.3, 0.4) is 0 Å². The van der Waals surface area contributed by atoms with E-state index in [4.69, 9.17) is 4.74 Å². The molecule has 0 aromatic heterocycles. The minimum absolute atomic E-state index is 0.166. The fourth-order valence-electron chi connectivity index (χ4n) is 1.46. The molecule has 1 rings (SSSR count). The summed E-state index contributed by atoms with van der Waals surface area (Å²) in [4.78, 5) is 10.8. The SMILES string of the molecule is CCC(=O)OC1CCCC(F)C1. The molecule has 2 atom stereocenters. The normalized spacial score (nSPS) is 29.8. The zero-order valence-electron chi connectivity index (χ0n) is 7.38. The lowest BCUT2D eigenvalue weighted by Gasteiger charge is -2.24. The summed E-state index contributed by atoms with van der Waals surface area (Å²) >= 11 is 0. The summed E-state index contributed by atoms with van der Waals surface area (Å²) in [5.74, 6) is -0.214. The van der Waals surface area contributed by atoms with E-state index >= 15 is 0 Å². The lowest BCUT2D eigenvalue weighted by molar-refractivity contribution is -0.151. The molecule has 0 spiro atoms. The zero-order valence-corrected chi connectivity index (χ0v) is 7.38. The maximum atomic E-state index is 12.8. The van der Waals surface area contributed by atoms with E-state index in [1.165, 1.54) is 0 Å². The van der Waals surface area contributed by atoms with Crippen LogP contribution in [-0.2, 0) is 9.53 Å². The van der Waals surface area contributed by atoms with E-state index < -0.39 is 6.17 Å². The van der Waals surface area contributed by atoms with E-state index in [0.29, 0.717) is 19.3 Å². The average Bonchev–Trinajstić information content (AvgIpc) is 2.04. The van der Waals surface area contributed by atoms with Crippen LogP contribution in [0, 0.1) is 0 Å². The quantitative estimate of drug-likeness (QED) is 0.600. The number of alkyl halides is 1. The van der Waals surface area contributed by atoms with Crippen LogP contribution in [0.1, 0.15) is 39.0 Å². The maximum absolute atomic E-state index is 12.8. The molecule has 1 aliphatic rings. The van der Waals surface area contributed by atoms with E-state index in [9.17, 15) is 9.18 Å². The Kier molecular flexibility index (Phi) is 3.50. The number of esters is 1. The Morgan fingerprint density at radius 2 is 2.33 bits per heavy atom. The molecule has 0 bridgehead atoms. The van der Waals surface area contributed by atoms with E-state index in [-0.39, 0.29) is 12.1 Å². The van der Waals surface area contributed by atoms with Crippen LogP contribution in [0.2, 0.25) is 0 Å². The van der Waals surface area contributed by atoms with Gasteiger partial charge in [0.05, 0.1) is 0 Å². The summed E-state index contributed by atoms with van der Waals surface area (Å²) in [5.41, 5.74) is 0. The smallest absolute Gasteiger partial charge is 0.305 e. The maximum Gasteiger partial charge on any atom is 0.305 e. The average molecular weight is 174 g/mol. The molecule has 0 N–H and O–H groups in total. The first-order valence-corrected chi connectivity index (χ1v) is 4.56. The van der Waals surface area contributed by atoms with Gasteiger partial charge in [0.25, 0.3) is 0 Å². The topological polar surface area (TPSA) is 26.3 Å². The van der Waals surface area contributed by atoms with Gasteiger partial charge in [0.15, 0.2) is 0 Å². The molecule has 1 saturated carbocycles. The van der Waals surface area contributed by atoms with E-state index in [1.807, 2.05) is 0 Å². The number of ether oxygens (including phenoxy) is 1. The number of rotatable bonds is 2. The number of halogens is 1. The standard InChI is InChI=1S/C9H15FO2/c1-2-9(11)12-8-5-3-4-7(10)6-8/h7-8H,2-6H2,1H3. The second-order valence-corrected chi connectivity index (χ2v) is 3.23. The minimum atomic E-state index is -0.770. The Morgan fingerprint density at radius 3 is 2.92 bits per heavy atom. The summed E-state index contributed by atoms with van der Waals surface area (Å²) in [5, 5.41) is 0. The summed E-state index contributed by atoms with van der Waals surface area (Å²) in [6.45, 7) is 1.75. The van der Waals surface area contributed by atoms with Crippen molar-refractivity contribution in [2.75, 3.05) is 0 Å². The molecule has 0 aliphatic heterocycles. The van der Waals surface area contributed by atoms with Crippen molar-refractivity contribution in [3.63, 3.8) is 0 Å². The molecular weight excluding hydrogens is 159 g/mol. The Balaban J connectivity index is 2.27. The van der Waals surface area contributed by atoms with E-state index in [1.54, 1.807) is 6.92 Å². The van der Waals surface area contributed by atoms with Crippen molar-refractivity contribution in [1.29, 1.82) is 0 Å². The van der Waals surface area contributed by atoms with Crippen molar-refractivity contribution in [2.24, 2.45) is 0 Å². The molecule has 0 saturated heterocycles. The number of hydrogen-bond acceptors (Lipinski definition) is 2. The molecule has 0 aromatic rings. The van der Waals surface area contributed by atoms with Crippen molar-refractivity contribution in [2.45, 2.75) is 51.3 Å². The Labute approximate surface area is 72.1 Å². The molecule has 3 heteroatoms. The van der Waals surface area contributed by atoms with Gasteiger partial charge in [0.2, 0.25) is 0 Å². The van der Waals surface area contributed by atoms with Crippen molar-refractivity contribution >= 4 is 5.97 Å². The van der Waals surface area contributed by atoms with Gasteiger partial charge in [-0.1, -0.05) is 6.92 Å². The molecule has 0 aromatic carbocycles. The van der Waals surface area contributed by atoms with Crippen LogP contribution in [0.15, 0.2) is 0 Å². The van der Waals surface area contributed by atoms with Gasteiger partial charge in [0, 0.05) is 12.8 Å². The Hall–Kier alpha value is -0.600. The highest BCUT2D eigenvalue weighted by molar-refractivity contribution is 5.69. The molecule has 70 valence electrons. The molecule has 2 unspecified atom stereocenters. The second kappa shape index (κ2) is 4.43. The Bertz CT molecular complexity index is 159. The van der Waals surface area contributed by atoms with Crippen molar-refractivity contribution in [1.82, 2.24) is 0 Å². The highest BCUT2D eigenvalue weighted by Crippen LogP contribution is 2.23. The molecule has 2 nitrogen and oxygen atoms in total. The largest absolute Gasteiger partial charge is 0.462 e. The van der Waals surface area contributed by atoms with Gasteiger partial charge >= 0.3 is 5.97 Å². The van der Waals surface area contributed by atoms with Crippen molar-refractivity contribution in [3.8, 4) is 0 Å². The molecule has 12 heavy (non-hydrogen) atoms. The third-order valence-electron chi connectivity index (χ3n) is 2.15. The van der Waals surface area contributed by atoms with E-state index in [2.05, 4.69) is 0 Å². The minimum Gasteiger partial charge on any atom is -0.462 e. The molecular formula is C9H15FO2. The molecule has 0 heterocycles. The van der Waals surface area contributed by atoms with Crippen LogP contribution in [0.25, 0.3) is 0 Å².